The average Bonchev–Trinajstić information content (AvgIpc) is 2.66. The van der Waals surface area contributed by atoms with E-state index in [-0.39, 0.29) is 18.4 Å². The van der Waals surface area contributed by atoms with Crippen molar-refractivity contribution in [3.05, 3.63) is 53.1 Å². The third-order valence-electron chi connectivity index (χ3n) is 4.85. The van der Waals surface area contributed by atoms with Crippen LogP contribution >= 0.6 is 0 Å². The minimum absolute atomic E-state index is 0. The van der Waals surface area contributed by atoms with E-state index in [4.69, 9.17) is 4.74 Å². The molecule has 5 nitrogen and oxygen atoms in total. The van der Waals surface area contributed by atoms with Crippen molar-refractivity contribution in [1.29, 1.82) is 0 Å². The Morgan fingerprint density at radius 1 is 1.00 bits per heavy atom. The summed E-state index contributed by atoms with van der Waals surface area (Å²) in [5, 5.41) is 5.82. The number of urea groups is 1. The molecule has 0 aliphatic heterocycles. The minimum atomic E-state index is -0.189. The molecule has 0 heterocycles. The quantitative estimate of drug-likeness (QED) is 0.613. The first kappa shape index (κ1) is 24.6. The molecule has 29 heavy (non-hydrogen) atoms. The maximum absolute atomic E-state index is 12.2. The first-order chi connectivity index (χ1) is 13.5. The zero-order chi connectivity index (χ0) is 20.5. The van der Waals surface area contributed by atoms with Crippen LogP contribution in [0.4, 0.5) is 16.2 Å². The van der Waals surface area contributed by atoms with Crippen LogP contribution in [0.2, 0.25) is 0 Å². The molecule has 0 saturated carbocycles. The molecule has 0 aliphatic rings. The van der Waals surface area contributed by atoms with Gasteiger partial charge in [-0.05, 0) is 75.9 Å². The number of ether oxygens (including phenoxy) is 1. The second kappa shape index (κ2) is 12.2. The van der Waals surface area contributed by atoms with Crippen molar-refractivity contribution in [3.8, 4) is 5.75 Å². The Bertz CT molecular complexity index is 771. The summed E-state index contributed by atoms with van der Waals surface area (Å²) in [4.78, 5) is 14.4. The molecule has 2 aromatic rings. The summed E-state index contributed by atoms with van der Waals surface area (Å²) < 4.78 is 5.87. The molecule has 0 fully saturated rings. The summed E-state index contributed by atoms with van der Waals surface area (Å²) in [5.41, 5.74) is 5.33. The number of aryl methyl sites for hydroxylation is 3. The second-order valence-electron chi connectivity index (χ2n) is 6.98. The van der Waals surface area contributed by atoms with E-state index in [0.717, 1.165) is 47.6 Å². The molecule has 2 rings (SSSR count). The highest BCUT2D eigenvalue weighted by Gasteiger charge is 2.08. The van der Waals surface area contributed by atoms with Crippen LogP contribution in [-0.2, 0) is 0 Å². The number of amides is 2. The SMILES string of the molecule is CCN(CC)c1ccc(NC(=O)NCCCOc2c(C)cccc2C)c(C)c1.[Cl-]. The summed E-state index contributed by atoms with van der Waals surface area (Å²) in [5.74, 6) is 0.941. The Labute approximate surface area is 181 Å². The van der Waals surface area contributed by atoms with Crippen molar-refractivity contribution in [2.75, 3.05) is 36.5 Å². The van der Waals surface area contributed by atoms with Crippen LogP contribution < -0.4 is 32.7 Å². The van der Waals surface area contributed by atoms with Crippen molar-refractivity contribution in [2.24, 2.45) is 0 Å². The molecule has 0 atom stereocenters. The molecule has 2 N–H and O–H groups in total. The number of rotatable bonds is 9. The molecule has 0 unspecified atom stereocenters. The number of hydrogen-bond donors (Lipinski definition) is 2. The molecule has 0 aliphatic carbocycles. The molecule has 0 saturated heterocycles. The van der Waals surface area contributed by atoms with Gasteiger partial charge in [-0.2, -0.15) is 0 Å². The lowest BCUT2D eigenvalue weighted by atomic mass is 10.1. The molecule has 0 spiro atoms. The highest BCUT2D eigenvalue weighted by atomic mass is 35.5. The van der Waals surface area contributed by atoms with Crippen LogP contribution in [0.5, 0.6) is 5.75 Å². The van der Waals surface area contributed by atoms with Crippen LogP contribution in [0.3, 0.4) is 0 Å². The van der Waals surface area contributed by atoms with Crippen molar-refractivity contribution in [3.63, 3.8) is 0 Å². The molecule has 0 radical (unpaired) electrons. The van der Waals surface area contributed by atoms with Gasteiger partial charge in [0.25, 0.3) is 0 Å². The standard InChI is InChI=1S/C23H33N3O2.ClH/c1-6-26(7-2)20-12-13-21(19(5)16-20)25-23(27)24-14-9-15-28-22-17(3)10-8-11-18(22)4;/h8,10-13,16H,6-7,9,14-15H2,1-5H3,(H2,24,25,27);1H/p-1. The van der Waals surface area contributed by atoms with E-state index in [0.29, 0.717) is 13.2 Å². The molecular formula is C23H33ClN3O2-. The van der Waals surface area contributed by atoms with Gasteiger partial charge in [-0.25, -0.2) is 4.79 Å². The van der Waals surface area contributed by atoms with Crippen molar-refractivity contribution < 1.29 is 21.9 Å². The van der Waals surface area contributed by atoms with E-state index < -0.39 is 0 Å². The zero-order valence-corrected chi connectivity index (χ0v) is 18.9. The number of hydrogen-bond acceptors (Lipinski definition) is 3. The Morgan fingerprint density at radius 2 is 1.66 bits per heavy atom. The lowest BCUT2D eigenvalue weighted by molar-refractivity contribution is -0.00000960. The largest absolute Gasteiger partial charge is 1.00 e. The molecule has 0 bridgehead atoms. The Balaban J connectivity index is 0.00000420. The Hall–Kier alpha value is -2.40. The molecular weight excluding hydrogens is 386 g/mol. The van der Waals surface area contributed by atoms with Gasteiger partial charge in [0.2, 0.25) is 0 Å². The van der Waals surface area contributed by atoms with Gasteiger partial charge in [-0.1, -0.05) is 18.2 Å². The highest BCUT2D eigenvalue weighted by Crippen LogP contribution is 2.23. The number of nitrogens with one attached hydrogen (secondary N) is 2. The fourth-order valence-electron chi connectivity index (χ4n) is 3.22. The summed E-state index contributed by atoms with van der Waals surface area (Å²) in [6.45, 7) is 13.5. The number of carbonyl (C=O) groups is 1. The number of halogens is 1. The summed E-state index contributed by atoms with van der Waals surface area (Å²) in [6, 6.07) is 12.1. The molecule has 6 heteroatoms. The summed E-state index contributed by atoms with van der Waals surface area (Å²) in [6.07, 6.45) is 0.751. The summed E-state index contributed by atoms with van der Waals surface area (Å²) in [7, 11) is 0. The fraction of sp³-hybridized carbons (Fsp3) is 0.435. The second-order valence-corrected chi connectivity index (χ2v) is 6.98. The Kier molecular flexibility index (Phi) is 10.4. The van der Waals surface area contributed by atoms with Crippen LogP contribution in [-0.4, -0.2) is 32.3 Å². The molecule has 2 amide bonds. The number of anilines is 2. The lowest BCUT2D eigenvalue weighted by Crippen LogP contribution is -3.00. The van der Waals surface area contributed by atoms with Crippen LogP contribution in [0.25, 0.3) is 0 Å². The first-order valence-electron chi connectivity index (χ1n) is 10.1. The number of nitrogens with zero attached hydrogens (tertiary/aromatic N) is 1. The van der Waals surface area contributed by atoms with Gasteiger partial charge in [-0.15, -0.1) is 0 Å². The minimum Gasteiger partial charge on any atom is -1.00 e. The summed E-state index contributed by atoms with van der Waals surface area (Å²) >= 11 is 0. The highest BCUT2D eigenvalue weighted by molar-refractivity contribution is 5.90. The van der Waals surface area contributed by atoms with Crippen LogP contribution in [0, 0.1) is 20.8 Å². The maximum atomic E-state index is 12.2. The lowest BCUT2D eigenvalue weighted by Gasteiger charge is -2.22. The topological polar surface area (TPSA) is 53.6 Å². The third kappa shape index (κ3) is 7.17. The van der Waals surface area contributed by atoms with E-state index in [1.54, 1.807) is 0 Å². The van der Waals surface area contributed by atoms with E-state index in [1.165, 1.54) is 5.69 Å². The van der Waals surface area contributed by atoms with Crippen LogP contribution in [0.1, 0.15) is 37.0 Å². The van der Waals surface area contributed by atoms with Gasteiger partial charge >= 0.3 is 6.03 Å². The third-order valence-corrected chi connectivity index (χ3v) is 4.85. The van der Waals surface area contributed by atoms with E-state index >= 15 is 0 Å². The van der Waals surface area contributed by atoms with Gasteiger partial charge in [0, 0.05) is 31.0 Å². The predicted molar refractivity (Wildman–Crippen MR) is 118 cm³/mol. The van der Waals surface area contributed by atoms with Gasteiger partial charge < -0.3 is 32.7 Å². The molecule has 2 aromatic carbocycles. The van der Waals surface area contributed by atoms with E-state index in [2.05, 4.69) is 35.4 Å². The van der Waals surface area contributed by atoms with Crippen molar-refractivity contribution in [1.82, 2.24) is 5.32 Å². The monoisotopic (exact) mass is 418 g/mol. The smallest absolute Gasteiger partial charge is 0.319 e. The predicted octanol–water partition coefficient (Wildman–Crippen LogP) is 2.05. The Morgan fingerprint density at radius 3 is 2.24 bits per heavy atom. The van der Waals surface area contributed by atoms with Gasteiger partial charge in [0.1, 0.15) is 5.75 Å². The van der Waals surface area contributed by atoms with Gasteiger partial charge in [-0.3, -0.25) is 0 Å². The van der Waals surface area contributed by atoms with Gasteiger partial charge in [0.15, 0.2) is 0 Å². The average molecular weight is 419 g/mol. The number of benzene rings is 2. The first-order valence-corrected chi connectivity index (χ1v) is 10.1. The number of para-hydroxylation sites is 1. The fourth-order valence-corrected chi connectivity index (χ4v) is 3.22. The van der Waals surface area contributed by atoms with Crippen LogP contribution in [0.15, 0.2) is 36.4 Å². The molecule has 160 valence electrons. The van der Waals surface area contributed by atoms with Gasteiger partial charge in [0.05, 0.1) is 6.61 Å². The normalized spacial score (nSPS) is 10.1. The maximum Gasteiger partial charge on any atom is 0.319 e. The van der Waals surface area contributed by atoms with E-state index in [9.17, 15) is 4.79 Å². The van der Waals surface area contributed by atoms with Crippen molar-refractivity contribution in [2.45, 2.75) is 41.0 Å². The molecule has 0 aromatic heterocycles. The number of carbonyl (C=O) groups excluding carboxylic acids is 1. The van der Waals surface area contributed by atoms with E-state index in [1.807, 2.05) is 51.1 Å². The van der Waals surface area contributed by atoms with Crippen molar-refractivity contribution >= 4 is 17.4 Å². The zero-order valence-electron chi connectivity index (χ0n) is 18.1.